The highest BCUT2D eigenvalue weighted by atomic mass is 32.2. The van der Waals surface area contributed by atoms with E-state index in [2.05, 4.69) is 86.9 Å². The van der Waals surface area contributed by atoms with Crippen LogP contribution in [0.5, 0.6) is 0 Å². The SMILES string of the molecule is CC(C)(C)c1c2ccccc2c(-c2ccc3c(c2)NN(B(O)O)S3)c2ccccc12. The molecule has 0 amide bonds. The monoisotopic (exact) mass is 414 g/mol. The van der Waals surface area contributed by atoms with Gasteiger partial charge in [-0.25, -0.2) is 0 Å². The molecule has 1 aliphatic rings. The van der Waals surface area contributed by atoms with Crippen molar-refractivity contribution in [2.45, 2.75) is 31.1 Å². The van der Waals surface area contributed by atoms with Crippen LogP contribution in [0.1, 0.15) is 26.3 Å². The zero-order valence-corrected chi connectivity index (χ0v) is 18.0. The first kappa shape index (κ1) is 19.5. The van der Waals surface area contributed by atoms with E-state index < -0.39 is 7.25 Å². The number of hydrogen-bond acceptors (Lipinski definition) is 5. The van der Waals surface area contributed by atoms with Gasteiger partial charge in [0.05, 0.1) is 5.69 Å². The maximum atomic E-state index is 9.50. The predicted octanol–water partition coefficient (Wildman–Crippen LogP) is 5.58. The van der Waals surface area contributed by atoms with Crippen molar-refractivity contribution in [1.82, 2.24) is 4.33 Å². The molecule has 0 fully saturated rings. The number of hydrazine groups is 1. The van der Waals surface area contributed by atoms with E-state index in [1.54, 1.807) is 0 Å². The van der Waals surface area contributed by atoms with Gasteiger partial charge in [-0.3, -0.25) is 0 Å². The van der Waals surface area contributed by atoms with Gasteiger partial charge < -0.3 is 15.5 Å². The molecule has 0 aromatic heterocycles. The third-order valence-electron chi connectivity index (χ3n) is 5.59. The van der Waals surface area contributed by atoms with Gasteiger partial charge in [-0.05, 0) is 67.7 Å². The van der Waals surface area contributed by atoms with Crippen LogP contribution in [0.3, 0.4) is 0 Å². The molecule has 0 atom stereocenters. The number of nitrogens with one attached hydrogen (secondary N) is 1. The lowest BCUT2D eigenvalue weighted by Crippen LogP contribution is -2.35. The fraction of sp³-hybridized carbons (Fsp3) is 0.167. The third kappa shape index (κ3) is 3.08. The smallest absolute Gasteiger partial charge is 0.411 e. The number of anilines is 1. The Morgan fingerprint density at radius 2 is 1.40 bits per heavy atom. The van der Waals surface area contributed by atoms with Gasteiger partial charge >= 0.3 is 7.25 Å². The zero-order valence-electron chi connectivity index (χ0n) is 17.2. The van der Waals surface area contributed by atoms with Crippen LogP contribution in [-0.2, 0) is 5.41 Å². The standard InChI is InChI=1S/C24H23BN2O2S/c1-24(2,3)23-18-10-6-4-8-16(18)22(17-9-5-7-11-19(17)23)15-12-13-21-20(14-15)26-27(30-21)25(28)29/h4-14,26,28-29H,1-3H3. The summed E-state index contributed by atoms with van der Waals surface area (Å²) in [4.78, 5) is 0.965. The first-order valence-corrected chi connectivity index (χ1v) is 10.8. The number of fused-ring (bicyclic) bond motifs is 3. The molecule has 0 saturated carbocycles. The summed E-state index contributed by atoms with van der Waals surface area (Å²) in [5, 5.41) is 24.0. The van der Waals surface area contributed by atoms with Gasteiger partial charge in [0.15, 0.2) is 0 Å². The van der Waals surface area contributed by atoms with E-state index in [1.165, 1.54) is 48.9 Å². The van der Waals surface area contributed by atoms with Crippen molar-refractivity contribution < 1.29 is 10.0 Å². The molecule has 4 aromatic carbocycles. The zero-order chi connectivity index (χ0) is 21.0. The van der Waals surface area contributed by atoms with Gasteiger partial charge in [-0.2, -0.15) is 0 Å². The molecule has 150 valence electrons. The fourth-order valence-corrected chi connectivity index (χ4v) is 5.23. The Morgan fingerprint density at radius 1 is 0.833 bits per heavy atom. The van der Waals surface area contributed by atoms with Gasteiger partial charge in [0.1, 0.15) is 0 Å². The lowest BCUT2D eigenvalue weighted by atomic mass is 9.78. The Bertz CT molecular complexity index is 1230. The highest BCUT2D eigenvalue weighted by Crippen LogP contribution is 2.46. The largest absolute Gasteiger partial charge is 0.582 e. The van der Waals surface area contributed by atoms with Crippen molar-refractivity contribution in [3.05, 3.63) is 72.3 Å². The molecular formula is C24H23BN2O2S. The van der Waals surface area contributed by atoms with Crippen LogP contribution in [0.15, 0.2) is 71.6 Å². The molecular weight excluding hydrogens is 391 g/mol. The molecule has 1 heterocycles. The molecule has 0 radical (unpaired) electrons. The summed E-state index contributed by atoms with van der Waals surface area (Å²) in [7, 11) is -1.57. The highest BCUT2D eigenvalue weighted by molar-refractivity contribution is 7.98. The molecule has 0 unspecified atom stereocenters. The topological polar surface area (TPSA) is 55.7 Å². The van der Waals surface area contributed by atoms with Crippen LogP contribution < -0.4 is 5.43 Å². The molecule has 1 aliphatic heterocycles. The molecule has 0 bridgehead atoms. The summed E-state index contributed by atoms with van der Waals surface area (Å²) in [6.07, 6.45) is 0. The summed E-state index contributed by atoms with van der Waals surface area (Å²) in [6, 6.07) is 23.5. The molecule has 6 heteroatoms. The Balaban J connectivity index is 1.82. The lowest BCUT2D eigenvalue weighted by Gasteiger charge is -2.26. The van der Waals surface area contributed by atoms with Gasteiger partial charge in [-0.1, -0.05) is 75.4 Å². The normalized spacial score (nSPS) is 14.2. The maximum Gasteiger partial charge on any atom is 0.582 e. The van der Waals surface area contributed by atoms with Crippen LogP contribution in [0.25, 0.3) is 32.7 Å². The Hall–Kier alpha value is -2.51. The Kier molecular flexibility index (Phi) is 4.56. The van der Waals surface area contributed by atoms with E-state index in [0.717, 1.165) is 16.1 Å². The van der Waals surface area contributed by atoms with E-state index in [0.29, 0.717) is 0 Å². The molecule has 3 N–H and O–H groups in total. The van der Waals surface area contributed by atoms with Crippen molar-refractivity contribution in [2.24, 2.45) is 0 Å². The Morgan fingerprint density at radius 3 is 1.93 bits per heavy atom. The maximum absolute atomic E-state index is 9.50. The molecule has 5 rings (SSSR count). The van der Waals surface area contributed by atoms with Crippen LogP contribution in [0.4, 0.5) is 5.69 Å². The van der Waals surface area contributed by atoms with Crippen molar-refractivity contribution in [2.75, 3.05) is 5.43 Å². The minimum atomic E-state index is -1.57. The predicted molar refractivity (Wildman–Crippen MR) is 127 cm³/mol. The van der Waals surface area contributed by atoms with Gasteiger partial charge in [0, 0.05) is 4.90 Å². The van der Waals surface area contributed by atoms with Crippen LogP contribution in [0, 0.1) is 0 Å². The van der Waals surface area contributed by atoms with Gasteiger partial charge in [0.2, 0.25) is 0 Å². The fourth-order valence-electron chi connectivity index (χ4n) is 4.45. The average molecular weight is 414 g/mol. The number of nitrogens with zero attached hydrogens (tertiary/aromatic N) is 1. The van der Waals surface area contributed by atoms with Gasteiger partial charge in [-0.15, -0.1) is 4.33 Å². The van der Waals surface area contributed by atoms with E-state index in [9.17, 15) is 10.0 Å². The molecule has 0 saturated heterocycles. The molecule has 0 spiro atoms. The van der Waals surface area contributed by atoms with Gasteiger partial charge in [0.25, 0.3) is 0 Å². The minimum Gasteiger partial charge on any atom is -0.411 e. The first-order valence-electron chi connectivity index (χ1n) is 10.0. The Labute approximate surface area is 180 Å². The number of rotatable bonds is 2. The van der Waals surface area contributed by atoms with E-state index in [4.69, 9.17) is 0 Å². The van der Waals surface area contributed by atoms with Crippen LogP contribution in [-0.4, -0.2) is 21.6 Å². The first-order chi connectivity index (χ1) is 14.3. The van der Waals surface area contributed by atoms with E-state index in [-0.39, 0.29) is 5.41 Å². The van der Waals surface area contributed by atoms with Crippen molar-refractivity contribution in [3.8, 4) is 11.1 Å². The van der Waals surface area contributed by atoms with E-state index in [1.807, 2.05) is 6.07 Å². The number of hydrogen-bond donors (Lipinski definition) is 3. The molecule has 4 nitrogen and oxygen atoms in total. The van der Waals surface area contributed by atoms with Crippen molar-refractivity contribution in [3.63, 3.8) is 0 Å². The summed E-state index contributed by atoms with van der Waals surface area (Å²) in [5.74, 6) is 0. The van der Waals surface area contributed by atoms with Crippen molar-refractivity contribution in [1.29, 1.82) is 0 Å². The second-order valence-electron chi connectivity index (χ2n) is 8.68. The summed E-state index contributed by atoms with van der Waals surface area (Å²) in [6.45, 7) is 6.81. The average Bonchev–Trinajstić information content (AvgIpc) is 3.14. The van der Waals surface area contributed by atoms with Crippen LogP contribution in [0.2, 0.25) is 0 Å². The quantitative estimate of drug-likeness (QED) is 0.227. The summed E-state index contributed by atoms with van der Waals surface area (Å²) < 4.78 is 1.33. The summed E-state index contributed by atoms with van der Waals surface area (Å²) in [5.41, 5.74) is 7.62. The highest BCUT2D eigenvalue weighted by Gasteiger charge is 2.30. The second-order valence-corrected chi connectivity index (χ2v) is 9.69. The molecule has 30 heavy (non-hydrogen) atoms. The summed E-state index contributed by atoms with van der Waals surface area (Å²) >= 11 is 1.28. The second kappa shape index (κ2) is 7.03. The third-order valence-corrected chi connectivity index (χ3v) is 6.62. The molecule has 0 aliphatic carbocycles. The van der Waals surface area contributed by atoms with E-state index >= 15 is 0 Å². The molecule has 4 aromatic rings. The minimum absolute atomic E-state index is 0.00559. The van der Waals surface area contributed by atoms with Crippen molar-refractivity contribution >= 4 is 46.4 Å². The van der Waals surface area contributed by atoms with Crippen LogP contribution >= 0.6 is 11.9 Å². The lowest BCUT2D eigenvalue weighted by molar-refractivity contribution is 0.360. The number of benzene rings is 4.